The van der Waals surface area contributed by atoms with Crippen molar-refractivity contribution in [2.45, 2.75) is 26.9 Å². The smallest absolute Gasteiger partial charge is 0.332 e. The van der Waals surface area contributed by atoms with Crippen LogP contribution in [0, 0.1) is 0 Å². The lowest BCUT2D eigenvalue weighted by Gasteiger charge is -2.08. The highest BCUT2D eigenvalue weighted by Crippen LogP contribution is 2.29. The first-order chi connectivity index (χ1) is 12.4. The Morgan fingerprint density at radius 1 is 1.08 bits per heavy atom. The molecule has 8 heteroatoms. The minimum Gasteiger partial charge on any atom is -0.504 e. The summed E-state index contributed by atoms with van der Waals surface area (Å²) in [7, 11) is 1.70. The average molecular weight is 356 g/mol. The van der Waals surface area contributed by atoms with Crippen LogP contribution in [-0.2, 0) is 20.1 Å². The summed E-state index contributed by atoms with van der Waals surface area (Å²) in [5, 5.41) is 19.5. The maximum absolute atomic E-state index is 12.6. The van der Waals surface area contributed by atoms with E-state index in [1.165, 1.54) is 15.2 Å². The van der Waals surface area contributed by atoms with Crippen molar-refractivity contribution in [1.29, 1.82) is 0 Å². The van der Waals surface area contributed by atoms with E-state index < -0.39 is 0 Å². The summed E-state index contributed by atoms with van der Waals surface area (Å²) in [6, 6.07) is 4.63. The van der Waals surface area contributed by atoms with Gasteiger partial charge in [-0.05, 0) is 32.1 Å². The van der Waals surface area contributed by atoms with Gasteiger partial charge in [0.05, 0.1) is 0 Å². The molecule has 0 radical (unpaired) electrons. The number of fused-ring (bicyclic) bond motifs is 1. The van der Waals surface area contributed by atoms with Crippen LogP contribution < -0.4 is 11.2 Å². The molecule has 0 saturated carbocycles. The number of aromatic hydroxyl groups is 2. The highest BCUT2D eigenvalue weighted by atomic mass is 16.3. The standard InChI is InChI=1S/C18H20N4O4/c1-4-21-16-14(17(25)22(5-2)18(21)26)20(3)13(19-16)10-9-11-7-6-8-12(23)15(11)24/h6-10,23-24H,4-5H2,1-3H3/b10-9+. The van der Waals surface area contributed by atoms with Crippen LogP contribution in [-0.4, -0.2) is 28.9 Å². The van der Waals surface area contributed by atoms with E-state index in [2.05, 4.69) is 4.98 Å². The van der Waals surface area contributed by atoms with Gasteiger partial charge in [-0.3, -0.25) is 13.9 Å². The highest BCUT2D eigenvalue weighted by Gasteiger charge is 2.17. The molecule has 0 amide bonds. The largest absolute Gasteiger partial charge is 0.504 e. The van der Waals surface area contributed by atoms with Gasteiger partial charge in [0, 0.05) is 25.7 Å². The molecule has 3 rings (SSSR count). The van der Waals surface area contributed by atoms with Crippen LogP contribution in [0.2, 0.25) is 0 Å². The van der Waals surface area contributed by atoms with Gasteiger partial charge in [-0.1, -0.05) is 12.1 Å². The maximum atomic E-state index is 12.6. The summed E-state index contributed by atoms with van der Waals surface area (Å²) in [6.45, 7) is 4.24. The van der Waals surface area contributed by atoms with Crippen molar-refractivity contribution < 1.29 is 10.2 Å². The molecule has 2 aromatic heterocycles. The zero-order valence-electron chi connectivity index (χ0n) is 14.8. The first-order valence-electron chi connectivity index (χ1n) is 8.29. The van der Waals surface area contributed by atoms with Gasteiger partial charge in [0.2, 0.25) is 0 Å². The van der Waals surface area contributed by atoms with Crippen LogP contribution in [0.3, 0.4) is 0 Å². The van der Waals surface area contributed by atoms with Gasteiger partial charge < -0.3 is 14.8 Å². The molecule has 0 aliphatic rings. The molecule has 0 fully saturated rings. The summed E-state index contributed by atoms with van der Waals surface area (Å²) < 4.78 is 4.26. The van der Waals surface area contributed by atoms with Crippen LogP contribution in [0.15, 0.2) is 27.8 Å². The van der Waals surface area contributed by atoms with Gasteiger partial charge in [0.25, 0.3) is 5.56 Å². The lowest BCUT2D eigenvalue weighted by atomic mass is 10.1. The van der Waals surface area contributed by atoms with E-state index in [-0.39, 0.29) is 29.3 Å². The summed E-state index contributed by atoms with van der Waals surface area (Å²) in [5.41, 5.74) is 0.317. The van der Waals surface area contributed by atoms with E-state index in [9.17, 15) is 19.8 Å². The molecular weight excluding hydrogens is 336 g/mol. The van der Waals surface area contributed by atoms with Gasteiger partial charge in [-0.15, -0.1) is 0 Å². The monoisotopic (exact) mass is 356 g/mol. The number of hydrogen-bond donors (Lipinski definition) is 2. The SMILES string of the molecule is CCn1c(=O)c2c(nc(/C=C/c3cccc(O)c3O)n2C)n(CC)c1=O. The minimum absolute atomic E-state index is 0.220. The Labute approximate surface area is 148 Å². The van der Waals surface area contributed by atoms with Crippen molar-refractivity contribution in [2.75, 3.05) is 0 Å². The zero-order valence-corrected chi connectivity index (χ0v) is 14.8. The molecule has 0 atom stereocenters. The summed E-state index contributed by atoms with van der Waals surface area (Å²) in [5.74, 6) is -0.000537. The number of nitrogens with zero attached hydrogens (tertiary/aromatic N) is 4. The van der Waals surface area contributed by atoms with Crippen molar-refractivity contribution in [3.8, 4) is 11.5 Å². The van der Waals surface area contributed by atoms with Gasteiger partial charge in [-0.2, -0.15) is 0 Å². The van der Waals surface area contributed by atoms with Crippen LogP contribution >= 0.6 is 0 Å². The Morgan fingerprint density at radius 3 is 2.42 bits per heavy atom. The number of aryl methyl sites for hydroxylation is 2. The molecule has 26 heavy (non-hydrogen) atoms. The number of imidazole rings is 1. The Morgan fingerprint density at radius 2 is 1.77 bits per heavy atom. The van der Waals surface area contributed by atoms with Crippen molar-refractivity contribution >= 4 is 23.3 Å². The Bertz CT molecular complexity index is 1130. The van der Waals surface area contributed by atoms with Crippen molar-refractivity contribution in [3.05, 3.63) is 50.4 Å². The fraction of sp³-hybridized carbons (Fsp3) is 0.278. The number of phenolic OH excluding ortho intramolecular Hbond substituents is 2. The third kappa shape index (κ3) is 2.59. The molecule has 136 valence electrons. The zero-order chi connectivity index (χ0) is 19.0. The highest BCUT2D eigenvalue weighted by molar-refractivity contribution is 5.78. The van der Waals surface area contributed by atoms with Gasteiger partial charge in [0.1, 0.15) is 5.82 Å². The second kappa shape index (κ2) is 6.55. The fourth-order valence-corrected chi connectivity index (χ4v) is 2.94. The first-order valence-corrected chi connectivity index (χ1v) is 8.29. The second-order valence-electron chi connectivity index (χ2n) is 5.83. The van der Waals surface area contributed by atoms with E-state index in [0.29, 0.717) is 29.1 Å². The number of aromatic nitrogens is 4. The summed E-state index contributed by atoms with van der Waals surface area (Å²) >= 11 is 0. The number of hydrogen-bond acceptors (Lipinski definition) is 5. The molecule has 0 aliphatic carbocycles. The quantitative estimate of drug-likeness (QED) is 0.690. The summed E-state index contributed by atoms with van der Waals surface area (Å²) in [4.78, 5) is 29.5. The fourth-order valence-electron chi connectivity index (χ4n) is 2.94. The van der Waals surface area contributed by atoms with E-state index in [4.69, 9.17) is 0 Å². The molecular formula is C18H20N4O4. The van der Waals surface area contributed by atoms with Crippen LogP contribution in [0.25, 0.3) is 23.3 Å². The molecule has 2 heterocycles. The Kier molecular flexibility index (Phi) is 4.41. The predicted octanol–water partition coefficient (Wildman–Crippen LogP) is 1.52. The predicted molar refractivity (Wildman–Crippen MR) is 99.3 cm³/mol. The van der Waals surface area contributed by atoms with Gasteiger partial charge >= 0.3 is 5.69 Å². The average Bonchev–Trinajstić information content (AvgIpc) is 2.94. The molecule has 0 spiro atoms. The molecule has 0 bridgehead atoms. The topological polar surface area (TPSA) is 102 Å². The molecule has 3 aromatic rings. The van der Waals surface area contributed by atoms with Crippen molar-refractivity contribution in [3.63, 3.8) is 0 Å². The molecule has 0 aliphatic heterocycles. The first kappa shape index (κ1) is 17.5. The van der Waals surface area contributed by atoms with Crippen LogP contribution in [0.5, 0.6) is 11.5 Å². The molecule has 2 N–H and O–H groups in total. The Hall–Kier alpha value is -3.29. The molecule has 8 nitrogen and oxygen atoms in total. The van der Waals surface area contributed by atoms with Crippen LogP contribution in [0.4, 0.5) is 0 Å². The number of phenols is 2. The van der Waals surface area contributed by atoms with Crippen molar-refractivity contribution in [2.24, 2.45) is 7.05 Å². The third-order valence-corrected chi connectivity index (χ3v) is 4.37. The lowest BCUT2D eigenvalue weighted by molar-refractivity contribution is 0.403. The van der Waals surface area contributed by atoms with E-state index in [1.54, 1.807) is 42.8 Å². The molecule has 0 unspecified atom stereocenters. The molecule has 1 aromatic carbocycles. The summed E-state index contributed by atoms with van der Waals surface area (Å²) in [6.07, 6.45) is 3.21. The van der Waals surface area contributed by atoms with Gasteiger partial charge in [0.15, 0.2) is 22.7 Å². The minimum atomic E-state index is -0.383. The van der Waals surface area contributed by atoms with Crippen molar-refractivity contribution in [1.82, 2.24) is 18.7 Å². The Balaban J connectivity index is 2.23. The van der Waals surface area contributed by atoms with E-state index in [0.717, 1.165) is 0 Å². The normalized spacial score (nSPS) is 11.7. The van der Waals surface area contributed by atoms with E-state index >= 15 is 0 Å². The maximum Gasteiger partial charge on any atom is 0.332 e. The van der Waals surface area contributed by atoms with Gasteiger partial charge in [-0.25, -0.2) is 9.78 Å². The van der Waals surface area contributed by atoms with Crippen LogP contribution in [0.1, 0.15) is 25.2 Å². The number of rotatable bonds is 4. The number of benzene rings is 1. The third-order valence-electron chi connectivity index (χ3n) is 4.37. The lowest BCUT2D eigenvalue weighted by Crippen LogP contribution is -2.39. The second-order valence-corrected chi connectivity index (χ2v) is 5.83. The number of para-hydroxylation sites is 1. The van der Waals surface area contributed by atoms with E-state index in [1.807, 2.05) is 6.92 Å². The molecule has 0 saturated heterocycles.